The molecule has 0 saturated carbocycles. The highest BCUT2D eigenvalue weighted by Gasteiger charge is 2.18. The van der Waals surface area contributed by atoms with E-state index in [0.717, 1.165) is 6.42 Å². The molecule has 1 aliphatic heterocycles. The monoisotopic (exact) mass is 415 g/mol. The summed E-state index contributed by atoms with van der Waals surface area (Å²) in [7, 11) is -3.72. The Balaban J connectivity index is 1.50. The van der Waals surface area contributed by atoms with Crippen molar-refractivity contribution in [1.29, 1.82) is 5.26 Å². The summed E-state index contributed by atoms with van der Waals surface area (Å²) in [4.78, 5) is 12.1. The van der Waals surface area contributed by atoms with E-state index in [2.05, 4.69) is 10.0 Å². The van der Waals surface area contributed by atoms with Crippen LogP contribution in [0.3, 0.4) is 0 Å². The molecule has 0 aromatic heterocycles. The number of carbonyl (C=O) groups excluding carboxylic acids is 1. The molecule has 2 N–H and O–H groups in total. The van der Waals surface area contributed by atoms with Gasteiger partial charge in [-0.2, -0.15) is 5.26 Å². The van der Waals surface area contributed by atoms with Gasteiger partial charge in [0.15, 0.2) is 11.5 Å². The highest BCUT2D eigenvalue weighted by Crippen LogP contribution is 2.31. The maximum absolute atomic E-state index is 12.5. The van der Waals surface area contributed by atoms with E-state index >= 15 is 0 Å². The highest BCUT2D eigenvalue weighted by atomic mass is 32.2. The second kappa shape index (κ2) is 9.41. The third-order valence-electron chi connectivity index (χ3n) is 4.18. The molecule has 2 aromatic carbocycles. The molecule has 3 rings (SSSR count). The summed E-state index contributed by atoms with van der Waals surface area (Å²) in [6, 6.07) is 13.1. The lowest BCUT2D eigenvalue weighted by atomic mass is 10.2. The van der Waals surface area contributed by atoms with Gasteiger partial charge in [0.2, 0.25) is 15.9 Å². The molecule has 1 aliphatic rings. The van der Waals surface area contributed by atoms with Crippen LogP contribution < -0.4 is 19.5 Å². The summed E-state index contributed by atoms with van der Waals surface area (Å²) >= 11 is 0. The Labute approximate surface area is 169 Å². The number of nitrogens with zero attached hydrogens (tertiary/aromatic N) is 1. The summed E-state index contributed by atoms with van der Waals surface area (Å²) in [5.41, 5.74) is 0.979. The standard InChI is InChI=1S/C20H21N3O5S/c21-14-15-4-1-5-16(12-15)23-20(24)6-2-9-22-29(25,26)17-7-8-18-19(13-17)28-11-3-10-27-18/h1,4-5,7-8,12-13,22H,2-3,6,9-11H2,(H,23,24). The normalized spacial score (nSPS) is 13.2. The van der Waals surface area contributed by atoms with Gasteiger partial charge in [-0.1, -0.05) is 6.07 Å². The number of anilines is 1. The number of hydrogen-bond acceptors (Lipinski definition) is 6. The van der Waals surface area contributed by atoms with Crippen LogP contribution in [-0.2, 0) is 14.8 Å². The average molecular weight is 415 g/mol. The van der Waals surface area contributed by atoms with Crippen molar-refractivity contribution >= 4 is 21.6 Å². The van der Waals surface area contributed by atoms with Crippen molar-refractivity contribution < 1.29 is 22.7 Å². The molecular weight excluding hydrogens is 394 g/mol. The fourth-order valence-electron chi connectivity index (χ4n) is 2.74. The summed E-state index contributed by atoms with van der Waals surface area (Å²) in [5.74, 6) is 0.679. The molecule has 0 spiro atoms. The molecule has 0 bridgehead atoms. The molecule has 2 aromatic rings. The van der Waals surface area contributed by atoms with E-state index in [1.807, 2.05) is 6.07 Å². The lowest BCUT2D eigenvalue weighted by molar-refractivity contribution is -0.116. The lowest BCUT2D eigenvalue weighted by Crippen LogP contribution is -2.25. The number of sulfonamides is 1. The molecule has 0 aliphatic carbocycles. The molecule has 152 valence electrons. The van der Waals surface area contributed by atoms with Crippen LogP contribution >= 0.6 is 0 Å². The Kier molecular flexibility index (Phi) is 6.69. The zero-order chi connectivity index (χ0) is 20.7. The molecule has 0 fully saturated rings. The Bertz CT molecular complexity index is 1030. The number of amides is 1. The first-order valence-corrected chi connectivity index (χ1v) is 10.7. The number of benzene rings is 2. The van der Waals surface area contributed by atoms with Gasteiger partial charge in [-0.25, -0.2) is 13.1 Å². The molecule has 9 heteroatoms. The molecule has 0 unspecified atom stereocenters. The Morgan fingerprint density at radius 2 is 1.90 bits per heavy atom. The Morgan fingerprint density at radius 3 is 2.69 bits per heavy atom. The number of hydrogen-bond donors (Lipinski definition) is 2. The van der Waals surface area contributed by atoms with Gasteiger partial charge in [-0.3, -0.25) is 4.79 Å². The summed E-state index contributed by atoms with van der Waals surface area (Å²) in [6.07, 6.45) is 1.20. The number of nitriles is 1. The number of ether oxygens (including phenoxy) is 2. The van der Waals surface area contributed by atoms with E-state index in [0.29, 0.717) is 42.4 Å². The van der Waals surface area contributed by atoms with E-state index in [9.17, 15) is 13.2 Å². The second-order valence-corrected chi connectivity index (χ2v) is 8.17. The van der Waals surface area contributed by atoms with E-state index in [4.69, 9.17) is 14.7 Å². The fraction of sp³-hybridized carbons (Fsp3) is 0.300. The van der Waals surface area contributed by atoms with Gasteiger partial charge in [0.25, 0.3) is 0 Å². The number of nitrogens with one attached hydrogen (secondary N) is 2. The third kappa shape index (κ3) is 5.70. The topological polar surface area (TPSA) is 118 Å². The van der Waals surface area contributed by atoms with Gasteiger partial charge in [0.05, 0.1) is 29.7 Å². The maximum Gasteiger partial charge on any atom is 0.240 e. The van der Waals surface area contributed by atoms with Gasteiger partial charge in [0.1, 0.15) is 0 Å². The summed E-state index contributed by atoms with van der Waals surface area (Å²) in [6.45, 7) is 1.11. The Morgan fingerprint density at radius 1 is 1.10 bits per heavy atom. The maximum atomic E-state index is 12.5. The molecular formula is C20H21N3O5S. The van der Waals surface area contributed by atoms with E-state index < -0.39 is 10.0 Å². The molecule has 1 heterocycles. The molecule has 0 saturated heterocycles. The van der Waals surface area contributed by atoms with E-state index in [1.165, 1.54) is 12.1 Å². The first-order chi connectivity index (χ1) is 14.0. The van der Waals surface area contributed by atoms with Crippen LogP contribution in [0.2, 0.25) is 0 Å². The van der Waals surface area contributed by atoms with Crippen molar-refractivity contribution in [2.45, 2.75) is 24.2 Å². The minimum absolute atomic E-state index is 0.0829. The SMILES string of the molecule is N#Cc1cccc(NC(=O)CCCNS(=O)(=O)c2ccc3c(c2)OCCCO3)c1. The number of fused-ring (bicyclic) bond motifs is 1. The van der Waals surface area contributed by atoms with E-state index in [-0.39, 0.29) is 23.8 Å². The first kappa shape index (κ1) is 20.6. The van der Waals surface area contributed by atoms with Crippen LogP contribution in [0, 0.1) is 11.3 Å². The third-order valence-corrected chi connectivity index (χ3v) is 5.64. The van der Waals surface area contributed by atoms with Crippen molar-refractivity contribution in [3.63, 3.8) is 0 Å². The fourth-order valence-corrected chi connectivity index (χ4v) is 3.83. The zero-order valence-corrected chi connectivity index (χ0v) is 16.5. The minimum Gasteiger partial charge on any atom is -0.490 e. The van der Waals surface area contributed by atoms with Crippen molar-refractivity contribution in [3.05, 3.63) is 48.0 Å². The Hall–Kier alpha value is -3.09. The quantitative estimate of drug-likeness (QED) is 0.671. The van der Waals surface area contributed by atoms with Gasteiger partial charge in [0, 0.05) is 31.1 Å². The second-order valence-electron chi connectivity index (χ2n) is 6.40. The van der Waals surface area contributed by atoms with Crippen molar-refractivity contribution in [2.24, 2.45) is 0 Å². The average Bonchev–Trinajstić information content (AvgIpc) is 2.96. The molecule has 0 atom stereocenters. The summed E-state index contributed by atoms with van der Waals surface area (Å²) in [5, 5.41) is 11.6. The number of rotatable bonds is 7. The van der Waals surface area contributed by atoms with Crippen molar-refractivity contribution in [3.8, 4) is 17.6 Å². The van der Waals surface area contributed by atoms with Crippen LogP contribution in [0.25, 0.3) is 0 Å². The van der Waals surface area contributed by atoms with E-state index in [1.54, 1.807) is 30.3 Å². The van der Waals surface area contributed by atoms with Gasteiger partial charge >= 0.3 is 0 Å². The highest BCUT2D eigenvalue weighted by molar-refractivity contribution is 7.89. The van der Waals surface area contributed by atoms with Gasteiger partial charge in [-0.15, -0.1) is 0 Å². The van der Waals surface area contributed by atoms with Gasteiger partial charge < -0.3 is 14.8 Å². The first-order valence-electron chi connectivity index (χ1n) is 9.17. The molecule has 29 heavy (non-hydrogen) atoms. The van der Waals surface area contributed by atoms with Crippen molar-refractivity contribution in [2.75, 3.05) is 25.1 Å². The molecule has 0 radical (unpaired) electrons. The van der Waals surface area contributed by atoms with Crippen LogP contribution in [0.1, 0.15) is 24.8 Å². The van der Waals surface area contributed by atoms with Crippen LogP contribution in [0.15, 0.2) is 47.4 Å². The summed E-state index contributed by atoms with van der Waals surface area (Å²) < 4.78 is 38.5. The van der Waals surface area contributed by atoms with Gasteiger partial charge in [-0.05, 0) is 36.8 Å². The predicted octanol–water partition coefficient (Wildman–Crippen LogP) is 2.42. The minimum atomic E-state index is -3.72. The molecule has 8 nitrogen and oxygen atoms in total. The largest absolute Gasteiger partial charge is 0.490 e. The predicted molar refractivity (Wildman–Crippen MR) is 106 cm³/mol. The smallest absolute Gasteiger partial charge is 0.240 e. The van der Waals surface area contributed by atoms with Crippen LogP contribution in [0.5, 0.6) is 11.5 Å². The number of carbonyl (C=O) groups is 1. The van der Waals surface area contributed by atoms with Crippen molar-refractivity contribution in [1.82, 2.24) is 4.72 Å². The van der Waals surface area contributed by atoms with Crippen LogP contribution in [-0.4, -0.2) is 34.1 Å². The van der Waals surface area contributed by atoms with Crippen LogP contribution in [0.4, 0.5) is 5.69 Å². The molecule has 1 amide bonds. The lowest BCUT2D eigenvalue weighted by Gasteiger charge is -2.11. The zero-order valence-electron chi connectivity index (χ0n) is 15.7.